The van der Waals surface area contributed by atoms with E-state index in [0.717, 1.165) is 19.5 Å². The number of rotatable bonds is 7. The lowest BCUT2D eigenvalue weighted by Crippen LogP contribution is -2.41. The average molecular weight is 467 g/mol. The van der Waals surface area contributed by atoms with E-state index >= 15 is 0 Å². The van der Waals surface area contributed by atoms with E-state index in [9.17, 15) is 18.0 Å². The van der Waals surface area contributed by atoms with Gasteiger partial charge in [-0.05, 0) is 43.3 Å². The van der Waals surface area contributed by atoms with Gasteiger partial charge in [0.05, 0.1) is 16.6 Å². The van der Waals surface area contributed by atoms with Crippen molar-refractivity contribution in [2.45, 2.75) is 18.8 Å². The smallest absolute Gasteiger partial charge is 0.404 e. The van der Waals surface area contributed by atoms with Gasteiger partial charge < -0.3 is 20.7 Å². The van der Waals surface area contributed by atoms with Crippen LogP contribution in [0.25, 0.3) is 11.0 Å². The number of nitrogens with zero attached hydrogens (tertiary/aromatic N) is 4. The molecule has 32 heavy (non-hydrogen) atoms. The highest BCUT2D eigenvalue weighted by Gasteiger charge is 2.32. The zero-order chi connectivity index (χ0) is 22.9. The van der Waals surface area contributed by atoms with Crippen molar-refractivity contribution in [1.82, 2.24) is 19.9 Å². The van der Waals surface area contributed by atoms with Gasteiger partial charge in [-0.15, -0.1) is 13.2 Å². The second-order valence-corrected chi connectivity index (χ2v) is 7.64. The number of aromatic nitrogens is 3. The second-order valence-electron chi connectivity index (χ2n) is 7.23. The van der Waals surface area contributed by atoms with Crippen LogP contribution in [0.4, 0.5) is 19.0 Å². The number of alkyl halides is 3. The largest absolute Gasteiger partial charge is 0.573 e. The molecule has 1 aliphatic rings. The molecule has 0 aliphatic carbocycles. The molecule has 3 aromatic rings. The fraction of sp³-hybridized carbons (Fsp3) is 0.300. The van der Waals surface area contributed by atoms with Gasteiger partial charge in [-0.3, -0.25) is 9.78 Å². The van der Waals surface area contributed by atoms with Crippen LogP contribution in [-0.4, -0.2) is 51.8 Å². The third-order valence-electron chi connectivity index (χ3n) is 5.07. The molecule has 3 N–H and O–H groups in total. The molecule has 0 spiro atoms. The monoisotopic (exact) mass is 466 g/mol. The number of halogens is 4. The Kier molecular flexibility index (Phi) is 6.02. The number of carbonyl (C=O) groups excluding carboxylic acids is 1. The molecule has 1 aromatic carbocycles. The fourth-order valence-corrected chi connectivity index (χ4v) is 3.66. The summed E-state index contributed by atoms with van der Waals surface area (Å²) in [5, 5.41) is 3.10. The van der Waals surface area contributed by atoms with Gasteiger partial charge in [0.25, 0.3) is 5.91 Å². The number of hydrogen-bond acceptors (Lipinski definition) is 7. The van der Waals surface area contributed by atoms with Gasteiger partial charge >= 0.3 is 6.36 Å². The number of pyridine rings is 1. The summed E-state index contributed by atoms with van der Waals surface area (Å²) in [6, 6.07) is 5.20. The van der Waals surface area contributed by atoms with Crippen LogP contribution in [0, 0.1) is 0 Å². The number of benzene rings is 1. The molecule has 0 unspecified atom stereocenters. The zero-order valence-corrected chi connectivity index (χ0v) is 17.3. The van der Waals surface area contributed by atoms with Gasteiger partial charge in [-0.2, -0.15) is 0 Å². The number of nitrogens with one attached hydrogen (secondary N) is 1. The van der Waals surface area contributed by atoms with E-state index in [4.69, 9.17) is 17.3 Å². The summed E-state index contributed by atoms with van der Waals surface area (Å²) in [4.78, 5) is 26.6. The lowest BCUT2D eigenvalue weighted by molar-refractivity contribution is -0.274. The summed E-state index contributed by atoms with van der Waals surface area (Å²) < 4.78 is 41.7. The summed E-state index contributed by atoms with van der Waals surface area (Å²) in [5.74, 6) is -0.771. The van der Waals surface area contributed by atoms with E-state index < -0.39 is 18.0 Å². The summed E-state index contributed by atoms with van der Waals surface area (Å²) in [5.41, 5.74) is 6.91. The molecule has 0 bridgehead atoms. The zero-order valence-electron chi connectivity index (χ0n) is 16.6. The van der Waals surface area contributed by atoms with Gasteiger partial charge in [0, 0.05) is 12.7 Å². The van der Waals surface area contributed by atoms with Gasteiger partial charge in [0.15, 0.2) is 5.82 Å². The molecule has 1 fully saturated rings. The van der Waals surface area contributed by atoms with Crippen molar-refractivity contribution in [2.24, 2.45) is 5.73 Å². The fourth-order valence-electron chi connectivity index (χ4n) is 3.43. The number of carbonyl (C=O) groups is 1. The quantitative estimate of drug-likeness (QED) is 0.548. The van der Waals surface area contributed by atoms with E-state index in [1.165, 1.54) is 36.8 Å². The normalized spacial score (nSPS) is 15.2. The van der Waals surface area contributed by atoms with E-state index in [1.807, 2.05) is 0 Å². The molecule has 2 aromatic heterocycles. The number of anilines is 1. The van der Waals surface area contributed by atoms with E-state index in [-0.39, 0.29) is 16.6 Å². The third-order valence-corrected chi connectivity index (χ3v) is 5.37. The first-order valence-electron chi connectivity index (χ1n) is 9.65. The SMILES string of the molecule is NC(=O)c1ccnc2c(N[C@H](CN3CCC3)c3ccc(OC(F)(F)F)c(Cl)c3)ncnc12. The Bertz CT molecular complexity index is 1160. The van der Waals surface area contributed by atoms with Crippen LogP contribution in [0.15, 0.2) is 36.8 Å². The molecule has 1 amide bonds. The minimum absolute atomic E-state index is 0.170. The number of ether oxygens (including phenoxy) is 1. The van der Waals surface area contributed by atoms with E-state index in [1.54, 1.807) is 0 Å². The van der Waals surface area contributed by atoms with Crippen LogP contribution in [-0.2, 0) is 0 Å². The lowest BCUT2D eigenvalue weighted by Gasteiger charge is -2.35. The Morgan fingerprint density at radius 3 is 2.62 bits per heavy atom. The van der Waals surface area contributed by atoms with Gasteiger partial charge in [0.1, 0.15) is 23.1 Å². The van der Waals surface area contributed by atoms with Crippen molar-refractivity contribution < 1.29 is 22.7 Å². The minimum Gasteiger partial charge on any atom is -0.404 e. The molecule has 1 aliphatic heterocycles. The maximum Gasteiger partial charge on any atom is 0.573 e. The molecule has 168 valence electrons. The Morgan fingerprint density at radius 1 is 1.22 bits per heavy atom. The molecule has 1 saturated heterocycles. The van der Waals surface area contributed by atoms with Crippen LogP contribution in [0.5, 0.6) is 5.75 Å². The molecular formula is C20H18ClF3N6O2. The van der Waals surface area contributed by atoms with Crippen molar-refractivity contribution in [1.29, 1.82) is 0 Å². The van der Waals surface area contributed by atoms with Crippen LogP contribution in [0.1, 0.15) is 28.4 Å². The van der Waals surface area contributed by atoms with Gasteiger partial charge in [0.2, 0.25) is 0 Å². The Labute approximate surface area is 185 Å². The number of nitrogens with two attached hydrogens (primary N) is 1. The van der Waals surface area contributed by atoms with Crippen molar-refractivity contribution >= 4 is 34.4 Å². The second kappa shape index (κ2) is 8.75. The minimum atomic E-state index is -4.84. The predicted molar refractivity (Wildman–Crippen MR) is 111 cm³/mol. The van der Waals surface area contributed by atoms with Crippen LogP contribution < -0.4 is 15.8 Å². The number of likely N-dealkylation sites (tertiary alicyclic amines) is 1. The summed E-state index contributed by atoms with van der Waals surface area (Å²) >= 11 is 6.06. The standard InChI is InChI=1S/C20H18ClF3N6O2/c21-13-8-11(2-3-15(13)32-20(22,23)24)14(9-30-6-1-7-30)29-19-17-16(27-10-28-19)12(18(25)31)4-5-26-17/h2-5,8,10,14H,1,6-7,9H2,(H2,25,31)(H,27,28,29)/t14-/m1/s1. The van der Waals surface area contributed by atoms with Gasteiger partial charge in [-0.1, -0.05) is 17.7 Å². The summed E-state index contributed by atoms with van der Waals surface area (Å²) in [6.07, 6.45) is -1.07. The van der Waals surface area contributed by atoms with Crippen molar-refractivity contribution in [3.05, 3.63) is 52.9 Å². The maximum atomic E-state index is 12.6. The summed E-state index contributed by atoms with van der Waals surface area (Å²) in [6.45, 7) is 2.35. The topological polar surface area (TPSA) is 106 Å². The lowest BCUT2D eigenvalue weighted by atomic mass is 10.0. The highest BCUT2D eigenvalue weighted by molar-refractivity contribution is 6.32. The molecule has 4 rings (SSSR count). The predicted octanol–water partition coefficient (Wildman–Crippen LogP) is 3.53. The third kappa shape index (κ3) is 4.83. The van der Waals surface area contributed by atoms with Crippen LogP contribution in [0.2, 0.25) is 5.02 Å². The number of fused-ring (bicyclic) bond motifs is 1. The van der Waals surface area contributed by atoms with E-state index in [2.05, 4.69) is 29.9 Å². The molecular weight excluding hydrogens is 449 g/mol. The molecule has 3 heterocycles. The van der Waals surface area contributed by atoms with Gasteiger partial charge in [-0.25, -0.2) is 9.97 Å². The van der Waals surface area contributed by atoms with Crippen molar-refractivity contribution in [2.75, 3.05) is 25.0 Å². The van der Waals surface area contributed by atoms with Crippen molar-refractivity contribution in [3.63, 3.8) is 0 Å². The number of primary amides is 1. The maximum absolute atomic E-state index is 12.6. The highest BCUT2D eigenvalue weighted by Crippen LogP contribution is 2.34. The van der Waals surface area contributed by atoms with Crippen LogP contribution >= 0.6 is 11.6 Å². The molecule has 8 nitrogen and oxygen atoms in total. The Hall–Kier alpha value is -3.18. The number of amides is 1. The first-order valence-corrected chi connectivity index (χ1v) is 10.0. The first-order chi connectivity index (χ1) is 15.2. The molecule has 0 saturated carbocycles. The first kappa shape index (κ1) is 22.0. The molecule has 12 heteroatoms. The van der Waals surface area contributed by atoms with E-state index in [0.29, 0.717) is 29.0 Å². The molecule has 1 atom stereocenters. The average Bonchev–Trinajstić information content (AvgIpc) is 2.70. The van der Waals surface area contributed by atoms with Crippen molar-refractivity contribution in [3.8, 4) is 5.75 Å². The highest BCUT2D eigenvalue weighted by atomic mass is 35.5. The van der Waals surface area contributed by atoms with Crippen LogP contribution in [0.3, 0.4) is 0 Å². The summed E-state index contributed by atoms with van der Waals surface area (Å²) in [7, 11) is 0. The Balaban J connectivity index is 1.68. The Morgan fingerprint density at radius 2 is 2.00 bits per heavy atom. The number of hydrogen-bond donors (Lipinski definition) is 2. The molecule has 0 radical (unpaired) electrons.